The fraction of sp³-hybridized carbons (Fsp3) is 0.680. The number of phenols is 2. The molecule has 0 radical (unpaired) electrons. The molecule has 1 aromatic rings. The van der Waals surface area contributed by atoms with Crippen molar-refractivity contribution in [3.63, 3.8) is 0 Å². The van der Waals surface area contributed by atoms with Gasteiger partial charge in [-0.3, -0.25) is 15.1 Å². The zero-order valence-corrected chi connectivity index (χ0v) is 21.0. The molecule has 0 bridgehead atoms. The molecule has 1 saturated carbocycles. The van der Waals surface area contributed by atoms with Crippen LogP contribution in [0.2, 0.25) is 0 Å². The van der Waals surface area contributed by atoms with Gasteiger partial charge in [-0.25, -0.2) is 0 Å². The number of rotatable bonds is 7. The first-order valence-electron chi connectivity index (χ1n) is 12.5. The molecule has 1 saturated heterocycles. The number of benzene rings is 1. The molecule has 1 atom stereocenters. The molecule has 190 valence electrons. The van der Waals surface area contributed by atoms with Gasteiger partial charge >= 0.3 is 0 Å². The third-order valence-electron chi connectivity index (χ3n) is 7.31. The van der Waals surface area contributed by atoms with E-state index in [9.17, 15) is 15.0 Å². The van der Waals surface area contributed by atoms with Crippen LogP contribution in [0.5, 0.6) is 11.5 Å². The minimum atomic E-state index is -1.03. The SMILES string of the molecule is CCNC(=O)C(N)N(C(=N)c1cc(C(C)C)c(O)cc1O)C1CCC(N2CCN(C)CC2)CC1. The highest BCUT2D eigenvalue weighted by Crippen LogP contribution is 2.35. The number of amidine groups is 1. The van der Waals surface area contributed by atoms with Crippen LogP contribution >= 0.6 is 0 Å². The van der Waals surface area contributed by atoms with E-state index in [4.69, 9.17) is 11.1 Å². The van der Waals surface area contributed by atoms with Gasteiger partial charge < -0.3 is 31.1 Å². The van der Waals surface area contributed by atoms with Gasteiger partial charge in [0.25, 0.3) is 5.91 Å². The number of aromatic hydroxyl groups is 2. The predicted octanol–water partition coefficient (Wildman–Crippen LogP) is 1.83. The highest BCUT2D eigenvalue weighted by atomic mass is 16.3. The fourth-order valence-corrected chi connectivity index (χ4v) is 5.23. The van der Waals surface area contributed by atoms with Crippen molar-refractivity contribution >= 4 is 11.7 Å². The van der Waals surface area contributed by atoms with E-state index in [0.29, 0.717) is 18.2 Å². The lowest BCUT2D eigenvalue weighted by molar-refractivity contribution is -0.125. The minimum absolute atomic E-state index is 0.00342. The van der Waals surface area contributed by atoms with Crippen LogP contribution in [0, 0.1) is 5.41 Å². The van der Waals surface area contributed by atoms with Gasteiger partial charge in [-0.15, -0.1) is 0 Å². The summed E-state index contributed by atoms with van der Waals surface area (Å²) < 4.78 is 0. The van der Waals surface area contributed by atoms with Crippen LogP contribution < -0.4 is 11.1 Å². The smallest absolute Gasteiger partial charge is 0.257 e. The van der Waals surface area contributed by atoms with Gasteiger partial charge in [0.1, 0.15) is 17.3 Å². The molecule has 1 aliphatic carbocycles. The number of nitrogens with zero attached hydrogens (tertiary/aromatic N) is 3. The summed E-state index contributed by atoms with van der Waals surface area (Å²) >= 11 is 0. The van der Waals surface area contributed by atoms with Crippen LogP contribution in [0.15, 0.2) is 12.1 Å². The largest absolute Gasteiger partial charge is 0.508 e. The summed E-state index contributed by atoms with van der Waals surface area (Å²) in [6.45, 7) is 10.5. The van der Waals surface area contributed by atoms with Gasteiger partial charge in [0.2, 0.25) is 0 Å². The normalized spacial score (nSPS) is 23.0. The number of hydrogen-bond acceptors (Lipinski definition) is 7. The molecule has 0 aromatic heterocycles. The Morgan fingerprint density at radius 1 is 1.15 bits per heavy atom. The first-order chi connectivity index (χ1) is 16.1. The third kappa shape index (κ3) is 5.82. The Morgan fingerprint density at radius 2 is 1.76 bits per heavy atom. The monoisotopic (exact) mass is 474 g/mol. The van der Waals surface area contributed by atoms with E-state index in [1.165, 1.54) is 6.07 Å². The average molecular weight is 475 g/mol. The molecule has 3 rings (SSSR count). The van der Waals surface area contributed by atoms with Crippen molar-refractivity contribution in [3.05, 3.63) is 23.3 Å². The van der Waals surface area contributed by atoms with Gasteiger partial charge in [-0.2, -0.15) is 0 Å². The van der Waals surface area contributed by atoms with Crippen LogP contribution in [0.1, 0.15) is 63.5 Å². The maximum atomic E-state index is 12.7. The summed E-state index contributed by atoms with van der Waals surface area (Å²) in [5, 5.41) is 32.6. The Hall–Kier alpha value is -2.36. The molecule has 2 aliphatic rings. The predicted molar refractivity (Wildman–Crippen MR) is 134 cm³/mol. The van der Waals surface area contributed by atoms with Crippen LogP contribution in [-0.2, 0) is 4.79 Å². The quantitative estimate of drug-likeness (QED) is 0.232. The van der Waals surface area contributed by atoms with E-state index in [0.717, 1.165) is 51.9 Å². The Labute approximate surface area is 203 Å². The molecule has 9 heteroatoms. The number of nitrogens with one attached hydrogen (secondary N) is 2. The van der Waals surface area contributed by atoms with E-state index in [1.807, 2.05) is 20.8 Å². The van der Waals surface area contributed by atoms with Gasteiger partial charge in [-0.1, -0.05) is 13.8 Å². The number of carbonyl (C=O) groups is 1. The molecule has 1 unspecified atom stereocenters. The zero-order valence-electron chi connectivity index (χ0n) is 21.0. The summed E-state index contributed by atoms with van der Waals surface area (Å²) in [5.41, 5.74) is 7.33. The second kappa shape index (κ2) is 11.4. The Bertz CT molecular complexity index is 860. The molecule has 6 N–H and O–H groups in total. The lowest BCUT2D eigenvalue weighted by Crippen LogP contribution is -2.59. The molecule has 1 amide bonds. The number of carbonyl (C=O) groups excluding carboxylic acids is 1. The van der Waals surface area contributed by atoms with Crippen molar-refractivity contribution in [2.75, 3.05) is 39.8 Å². The van der Waals surface area contributed by atoms with Crippen molar-refractivity contribution < 1.29 is 15.0 Å². The minimum Gasteiger partial charge on any atom is -0.508 e. The maximum Gasteiger partial charge on any atom is 0.257 e. The van der Waals surface area contributed by atoms with E-state index in [1.54, 1.807) is 11.0 Å². The summed E-state index contributed by atoms with van der Waals surface area (Å²) in [6, 6.07) is 3.35. The first-order valence-corrected chi connectivity index (χ1v) is 12.5. The van der Waals surface area contributed by atoms with E-state index in [-0.39, 0.29) is 40.8 Å². The molecule has 1 aromatic carbocycles. The van der Waals surface area contributed by atoms with Gasteiger partial charge in [0.05, 0.1) is 5.56 Å². The molecule has 1 aliphatic heterocycles. The first kappa shape index (κ1) is 26.2. The van der Waals surface area contributed by atoms with Crippen molar-refractivity contribution in [2.45, 2.75) is 70.6 Å². The molecule has 1 heterocycles. The van der Waals surface area contributed by atoms with E-state index in [2.05, 4.69) is 22.2 Å². The highest BCUT2D eigenvalue weighted by Gasteiger charge is 2.36. The van der Waals surface area contributed by atoms with E-state index >= 15 is 0 Å². The molecule has 0 spiro atoms. The topological polar surface area (TPSA) is 129 Å². The lowest BCUT2D eigenvalue weighted by Gasteiger charge is -2.45. The number of likely N-dealkylation sites (N-methyl/N-ethyl adjacent to an activating group) is 2. The maximum absolute atomic E-state index is 12.7. The summed E-state index contributed by atoms with van der Waals surface area (Å²) in [6.07, 6.45) is 2.58. The number of nitrogens with two attached hydrogens (primary N) is 1. The zero-order chi connectivity index (χ0) is 25.0. The van der Waals surface area contributed by atoms with Gasteiger partial charge in [0, 0.05) is 50.9 Å². The Morgan fingerprint density at radius 3 is 2.32 bits per heavy atom. The third-order valence-corrected chi connectivity index (χ3v) is 7.31. The number of phenolic OH excluding ortho intramolecular Hbond substituents is 2. The van der Waals surface area contributed by atoms with Crippen molar-refractivity contribution in [1.82, 2.24) is 20.0 Å². The second-order valence-corrected chi connectivity index (χ2v) is 9.98. The Kier molecular flexibility index (Phi) is 8.78. The standard InChI is InChI=1S/C25H42N6O3/c1-5-28-25(34)24(27)31(23(26)20-14-19(16(2)3)21(32)15-22(20)33)18-8-6-17(7-9-18)30-12-10-29(4)11-13-30/h14-18,24,26,32-33H,5-13,27H2,1-4H3,(H,28,34). The number of hydrogen-bond donors (Lipinski definition) is 5. The lowest BCUT2D eigenvalue weighted by atomic mass is 9.88. The summed E-state index contributed by atoms with van der Waals surface area (Å²) in [7, 11) is 2.16. The molecular formula is C25H42N6O3. The molecule has 34 heavy (non-hydrogen) atoms. The van der Waals surface area contributed by atoms with E-state index < -0.39 is 6.17 Å². The van der Waals surface area contributed by atoms with Crippen molar-refractivity contribution in [3.8, 4) is 11.5 Å². The van der Waals surface area contributed by atoms with Crippen LogP contribution in [-0.4, -0.2) is 94.7 Å². The average Bonchev–Trinajstić information content (AvgIpc) is 2.80. The summed E-state index contributed by atoms with van der Waals surface area (Å²) in [4.78, 5) is 19.3. The van der Waals surface area contributed by atoms with Gasteiger partial charge in [-0.05, 0) is 57.2 Å². The van der Waals surface area contributed by atoms with Crippen molar-refractivity contribution in [2.24, 2.45) is 5.73 Å². The Balaban J connectivity index is 1.83. The van der Waals surface area contributed by atoms with Crippen LogP contribution in [0.3, 0.4) is 0 Å². The fourth-order valence-electron chi connectivity index (χ4n) is 5.23. The molecular weight excluding hydrogens is 432 g/mol. The molecule has 9 nitrogen and oxygen atoms in total. The van der Waals surface area contributed by atoms with Crippen LogP contribution in [0.25, 0.3) is 0 Å². The molecule has 2 fully saturated rings. The summed E-state index contributed by atoms with van der Waals surface area (Å²) in [5.74, 6) is -0.504. The highest BCUT2D eigenvalue weighted by molar-refractivity contribution is 6.01. The second-order valence-electron chi connectivity index (χ2n) is 9.98. The van der Waals surface area contributed by atoms with Gasteiger partial charge in [0.15, 0.2) is 6.17 Å². The van der Waals surface area contributed by atoms with Crippen LogP contribution in [0.4, 0.5) is 0 Å². The number of amides is 1. The van der Waals surface area contributed by atoms with Crippen molar-refractivity contribution in [1.29, 1.82) is 5.41 Å². The number of piperazine rings is 1.